The Morgan fingerprint density at radius 2 is 2.50 bits per heavy atom. The van der Waals surface area contributed by atoms with Gasteiger partial charge in [0.1, 0.15) is 0 Å². The summed E-state index contributed by atoms with van der Waals surface area (Å²) < 4.78 is 0. The van der Waals surface area contributed by atoms with Crippen LogP contribution in [0.2, 0.25) is 0 Å². The Morgan fingerprint density at radius 1 is 1.75 bits per heavy atom. The van der Waals surface area contributed by atoms with E-state index in [1.165, 1.54) is 11.3 Å². The van der Waals surface area contributed by atoms with Gasteiger partial charge in [-0.1, -0.05) is 0 Å². The van der Waals surface area contributed by atoms with Crippen molar-refractivity contribution < 1.29 is 4.79 Å². The van der Waals surface area contributed by atoms with Gasteiger partial charge in [-0.3, -0.25) is 4.79 Å². The van der Waals surface area contributed by atoms with Crippen LogP contribution in [0.15, 0.2) is 11.4 Å². The van der Waals surface area contributed by atoms with Gasteiger partial charge in [0.25, 0.3) is 0 Å². The average molecular weight is 125 g/mol. The molecule has 1 aromatic rings. The molecule has 0 aliphatic rings. The van der Waals surface area contributed by atoms with Gasteiger partial charge in [0, 0.05) is 0 Å². The molecule has 0 N–H and O–H groups in total. The van der Waals surface area contributed by atoms with Crippen LogP contribution in [-0.2, 0) is 4.79 Å². The lowest BCUT2D eigenvalue weighted by Gasteiger charge is -1.77. The van der Waals surface area contributed by atoms with E-state index in [9.17, 15) is 4.79 Å². The van der Waals surface area contributed by atoms with Crippen LogP contribution >= 0.6 is 11.3 Å². The number of rotatable bonds is 1. The highest BCUT2D eigenvalue weighted by Gasteiger charge is 1.94. The normalized spacial score (nSPS) is 9.12. The zero-order chi connectivity index (χ0) is 5.98. The van der Waals surface area contributed by atoms with Crippen molar-refractivity contribution in [2.24, 2.45) is 0 Å². The van der Waals surface area contributed by atoms with Crippen LogP contribution < -0.4 is 0 Å². The largest absolute Gasteiger partial charge is 0.284 e. The molecule has 8 heavy (non-hydrogen) atoms. The molecule has 0 atom stereocenters. The van der Waals surface area contributed by atoms with Crippen molar-refractivity contribution in [3.8, 4) is 0 Å². The molecule has 0 aromatic carbocycles. The van der Waals surface area contributed by atoms with E-state index in [2.05, 4.69) is 0 Å². The maximum absolute atomic E-state index is 9.97. The summed E-state index contributed by atoms with van der Waals surface area (Å²) in [5.41, 5.74) is 1.02. The SMILES string of the molecule is Cc1ccsc1[C]=O. The summed E-state index contributed by atoms with van der Waals surface area (Å²) in [5, 5.41) is 1.88. The van der Waals surface area contributed by atoms with E-state index in [1.54, 1.807) is 0 Å². The Bertz CT molecular complexity index is 190. The summed E-state index contributed by atoms with van der Waals surface area (Å²) in [6.07, 6.45) is 1.84. The fourth-order valence-electron chi connectivity index (χ4n) is 0.477. The fourth-order valence-corrected chi connectivity index (χ4v) is 1.19. The van der Waals surface area contributed by atoms with Gasteiger partial charge < -0.3 is 0 Å². The van der Waals surface area contributed by atoms with Gasteiger partial charge in [-0.25, -0.2) is 0 Å². The van der Waals surface area contributed by atoms with Gasteiger partial charge in [-0.05, 0) is 23.9 Å². The van der Waals surface area contributed by atoms with Crippen LogP contribution in [0.5, 0.6) is 0 Å². The highest BCUT2D eigenvalue weighted by atomic mass is 32.1. The molecule has 2 heteroatoms. The average Bonchev–Trinajstić information content (AvgIpc) is 2.14. The number of hydrogen-bond donors (Lipinski definition) is 0. The van der Waals surface area contributed by atoms with Crippen molar-refractivity contribution in [2.45, 2.75) is 6.92 Å². The van der Waals surface area contributed by atoms with Crippen molar-refractivity contribution in [1.29, 1.82) is 0 Å². The van der Waals surface area contributed by atoms with Gasteiger partial charge >= 0.3 is 0 Å². The van der Waals surface area contributed by atoms with Crippen molar-refractivity contribution in [3.63, 3.8) is 0 Å². The molecule has 1 radical (unpaired) electrons. The third-order valence-electron chi connectivity index (χ3n) is 0.955. The Morgan fingerprint density at radius 3 is 2.75 bits per heavy atom. The van der Waals surface area contributed by atoms with Crippen molar-refractivity contribution in [2.75, 3.05) is 0 Å². The third-order valence-corrected chi connectivity index (χ3v) is 1.87. The number of aryl methyl sites for hydroxylation is 1. The van der Waals surface area contributed by atoms with E-state index in [1.807, 2.05) is 24.7 Å². The van der Waals surface area contributed by atoms with Crippen LogP contribution in [0.3, 0.4) is 0 Å². The van der Waals surface area contributed by atoms with Crippen LogP contribution in [0.4, 0.5) is 0 Å². The van der Waals surface area contributed by atoms with E-state index in [0.29, 0.717) is 4.88 Å². The second-order valence-corrected chi connectivity index (χ2v) is 2.45. The Balaban J connectivity index is 3.09. The Labute approximate surface area is 52.0 Å². The molecule has 0 fully saturated rings. The molecule has 0 aliphatic carbocycles. The maximum atomic E-state index is 9.97. The topological polar surface area (TPSA) is 17.1 Å². The van der Waals surface area contributed by atoms with Gasteiger partial charge in [-0.2, -0.15) is 0 Å². The first-order valence-electron chi connectivity index (χ1n) is 2.27. The van der Waals surface area contributed by atoms with E-state index in [4.69, 9.17) is 0 Å². The highest BCUT2D eigenvalue weighted by molar-refractivity contribution is 7.11. The predicted octanol–water partition coefficient (Wildman–Crippen LogP) is 1.51. The number of carbonyl (C=O) groups excluding carboxylic acids is 1. The Kier molecular flexibility index (Phi) is 1.44. The van der Waals surface area contributed by atoms with E-state index in [-0.39, 0.29) is 0 Å². The van der Waals surface area contributed by atoms with E-state index >= 15 is 0 Å². The molecule has 1 heterocycles. The molecule has 0 aliphatic heterocycles. The van der Waals surface area contributed by atoms with Gasteiger partial charge in [-0.15, -0.1) is 11.3 Å². The lowest BCUT2D eigenvalue weighted by atomic mass is 10.3. The minimum Gasteiger partial charge on any atom is -0.284 e. The first kappa shape index (κ1) is 5.51. The molecule has 1 nitrogen and oxygen atoms in total. The second-order valence-electron chi connectivity index (χ2n) is 1.53. The van der Waals surface area contributed by atoms with Crippen molar-refractivity contribution >= 4 is 17.6 Å². The molecular formula is C6H5OS. The van der Waals surface area contributed by atoms with Crippen LogP contribution in [0.1, 0.15) is 10.4 Å². The predicted molar refractivity (Wildman–Crippen MR) is 33.9 cm³/mol. The Hall–Kier alpha value is -0.630. The first-order valence-corrected chi connectivity index (χ1v) is 3.15. The standard InChI is InChI=1S/C6H5OS/c1-5-2-3-8-6(5)4-7/h2-3H,1H3. The monoisotopic (exact) mass is 125 g/mol. The maximum Gasteiger partial charge on any atom is 0.244 e. The summed E-state index contributed by atoms with van der Waals surface area (Å²) in [7, 11) is 0. The van der Waals surface area contributed by atoms with Gasteiger partial charge in [0.05, 0.1) is 4.88 Å². The third kappa shape index (κ3) is 0.793. The van der Waals surface area contributed by atoms with E-state index < -0.39 is 0 Å². The molecule has 0 spiro atoms. The molecule has 0 amide bonds. The molecule has 0 saturated carbocycles. The molecule has 0 saturated heterocycles. The molecule has 0 bridgehead atoms. The minimum absolute atomic E-state index is 0.713. The van der Waals surface area contributed by atoms with Crippen LogP contribution in [-0.4, -0.2) is 6.29 Å². The molecule has 1 rings (SSSR count). The minimum atomic E-state index is 0.713. The zero-order valence-electron chi connectivity index (χ0n) is 4.47. The number of thiophene rings is 1. The van der Waals surface area contributed by atoms with E-state index in [0.717, 1.165) is 5.56 Å². The van der Waals surface area contributed by atoms with Crippen LogP contribution in [0, 0.1) is 6.92 Å². The van der Waals surface area contributed by atoms with Crippen molar-refractivity contribution in [1.82, 2.24) is 0 Å². The smallest absolute Gasteiger partial charge is 0.244 e. The molecular weight excluding hydrogens is 120 g/mol. The zero-order valence-corrected chi connectivity index (χ0v) is 5.29. The first-order chi connectivity index (χ1) is 3.84. The van der Waals surface area contributed by atoms with Crippen molar-refractivity contribution in [3.05, 3.63) is 21.9 Å². The summed E-state index contributed by atoms with van der Waals surface area (Å²) in [5.74, 6) is 0. The lowest BCUT2D eigenvalue weighted by molar-refractivity contribution is 0.563. The molecule has 0 unspecified atom stereocenters. The quantitative estimate of drug-likeness (QED) is 0.556. The van der Waals surface area contributed by atoms with Gasteiger partial charge in [0.15, 0.2) is 0 Å². The summed E-state index contributed by atoms with van der Waals surface area (Å²) in [4.78, 5) is 10.7. The summed E-state index contributed by atoms with van der Waals surface area (Å²) in [6.45, 7) is 1.90. The number of hydrogen-bond acceptors (Lipinski definition) is 2. The lowest BCUT2D eigenvalue weighted by Crippen LogP contribution is -1.72. The highest BCUT2D eigenvalue weighted by Crippen LogP contribution is 2.11. The van der Waals surface area contributed by atoms with Crippen LogP contribution in [0.25, 0.3) is 0 Å². The van der Waals surface area contributed by atoms with Gasteiger partial charge in [0.2, 0.25) is 6.29 Å². The fraction of sp³-hybridized carbons (Fsp3) is 0.167. The molecule has 41 valence electrons. The molecule has 1 aromatic heterocycles. The summed E-state index contributed by atoms with van der Waals surface area (Å²) >= 11 is 1.43. The second kappa shape index (κ2) is 2.09. The summed E-state index contributed by atoms with van der Waals surface area (Å²) in [6, 6.07) is 1.91.